The van der Waals surface area contributed by atoms with Crippen molar-refractivity contribution in [1.29, 1.82) is 0 Å². The summed E-state index contributed by atoms with van der Waals surface area (Å²) in [4.78, 5) is 22.0. The van der Waals surface area contributed by atoms with Gasteiger partial charge in [-0.15, -0.1) is 0 Å². The van der Waals surface area contributed by atoms with Crippen LogP contribution in [0.15, 0.2) is 30.3 Å². The van der Waals surface area contributed by atoms with Crippen molar-refractivity contribution in [2.45, 2.75) is 19.8 Å². The Morgan fingerprint density at radius 3 is 2.55 bits per heavy atom. The van der Waals surface area contributed by atoms with E-state index in [0.717, 1.165) is 12.1 Å². The van der Waals surface area contributed by atoms with Gasteiger partial charge in [0.2, 0.25) is 0 Å². The molecule has 0 spiro atoms. The number of hydrogen-bond donors (Lipinski definition) is 2. The van der Waals surface area contributed by atoms with Crippen molar-refractivity contribution < 1.29 is 19.8 Å². The van der Waals surface area contributed by atoms with E-state index in [0.29, 0.717) is 12.1 Å². The zero-order valence-electron chi connectivity index (χ0n) is 10.9. The number of aromatic carboxylic acids is 2. The summed E-state index contributed by atoms with van der Waals surface area (Å²) in [6.45, 7) is 1.98. The monoisotopic (exact) mass is 274 g/mol. The van der Waals surface area contributed by atoms with Crippen LogP contribution in [0.5, 0.6) is 0 Å². The van der Waals surface area contributed by atoms with Gasteiger partial charge in [-0.05, 0) is 30.7 Å². The molecule has 6 nitrogen and oxygen atoms in total. The molecule has 0 unspecified atom stereocenters. The van der Waals surface area contributed by atoms with E-state index < -0.39 is 11.9 Å². The van der Waals surface area contributed by atoms with Gasteiger partial charge < -0.3 is 10.2 Å². The summed E-state index contributed by atoms with van der Waals surface area (Å²) in [6, 6.07) is 7.77. The fraction of sp³-hybridized carbons (Fsp3) is 0.214. The van der Waals surface area contributed by atoms with Gasteiger partial charge in [-0.3, -0.25) is 0 Å². The number of rotatable bonds is 5. The summed E-state index contributed by atoms with van der Waals surface area (Å²) in [7, 11) is 0. The summed E-state index contributed by atoms with van der Waals surface area (Å²) in [5, 5.41) is 22.0. The molecule has 0 radical (unpaired) electrons. The summed E-state index contributed by atoms with van der Waals surface area (Å²) >= 11 is 0. The maximum absolute atomic E-state index is 11.0. The lowest BCUT2D eigenvalue weighted by Gasteiger charge is -2.07. The molecule has 0 aliphatic carbocycles. The van der Waals surface area contributed by atoms with Gasteiger partial charge in [0.15, 0.2) is 5.69 Å². The third-order valence-corrected chi connectivity index (χ3v) is 2.85. The molecule has 104 valence electrons. The molecule has 0 aliphatic rings. The SMILES string of the molecule is CCCc1cc(C(=O)O)nn1-c1cccc(C(=O)O)c1. The van der Waals surface area contributed by atoms with Crippen LogP contribution in [-0.2, 0) is 6.42 Å². The van der Waals surface area contributed by atoms with Gasteiger partial charge >= 0.3 is 11.9 Å². The second kappa shape index (κ2) is 5.56. The van der Waals surface area contributed by atoms with Crippen molar-refractivity contribution in [3.05, 3.63) is 47.3 Å². The highest BCUT2D eigenvalue weighted by atomic mass is 16.4. The largest absolute Gasteiger partial charge is 0.478 e. The summed E-state index contributed by atoms with van der Waals surface area (Å²) < 4.78 is 1.49. The standard InChI is InChI=1S/C14H14N2O4/c1-2-4-10-8-12(14(19)20)15-16(10)11-6-3-5-9(7-11)13(17)18/h3,5-8H,2,4H2,1H3,(H,17,18)(H,19,20). The number of aryl methyl sites for hydroxylation is 1. The van der Waals surface area contributed by atoms with Gasteiger partial charge in [-0.1, -0.05) is 19.4 Å². The first kappa shape index (κ1) is 13.8. The maximum Gasteiger partial charge on any atom is 0.356 e. The molecule has 1 aromatic heterocycles. The molecule has 1 heterocycles. The third-order valence-electron chi connectivity index (χ3n) is 2.85. The average Bonchev–Trinajstić information content (AvgIpc) is 2.83. The van der Waals surface area contributed by atoms with Crippen molar-refractivity contribution in [2.24, 2.45) is 0 Å². The van der Waals surface area contributed by atoms with E-state index in [1.807, 2.05) is 6.92 Å². The summed E-state index contributed by atoms with van der Waals surface area (Å²) in [6.07, 6.45) is 1.50. The Bertz CT molecular complexity index is 661. The normalized spacial score (nSPS) is 10.4. The van der Waals surface area contributed by atoms with E-state index in [1.54, 1.807) is 12.1 Å². The van der Waals surface area contributed by atoms with Crippen molar-refractivity contribution in [3.63, 3.8) is 0 Å². The smallest absolute Gasteiger partial charge is 0.356 e. The van der Waals surface area contributed by atoms with E-state index in [9.17, 15) is 9.59 Å². The zero-order valence-corrected chi connectivity index (χ0v) is 10.9. The number of aromatic nitrogens is 2. The predicted molar refractivity (Wildman–Crippen MR) is 71.5 cm³/mol. The van der Waals surface area contributed by atoms with Gasteiger partial charge in [-0.25, -0.2) is 14.3 Å². The lowest BCUT2D eigenvalue weighted by atomic mass is 10.2. The van der Waals surface area contributed by atoms with Crippen LogP contribution in [-0.4, -0.2) is 31.9 Å². The number of carboxylic acids is 2. The molecule has 2 N–H and O–H groups in total. The highest BCUT2D eigenvalue weighted by Crippen LogP contribution is 2.16. The molecule has 0 bridgehead atoms. The minimum atomic E-state index is -1.10. The fourth-order valence-electron chi connectivity index (χ4n) is 1.95. The Hall–Kier alpha value is -2.63. The summed E-state index contributed by atoms with van der Waals surface area (Å²) in [5.41, 5.74) is 1.37. The van der Waals surface area contributed by atoms with Gasteiger partial charge in [0.25, 0.3) is 0 Å². The number of hydrogen-bond acceptors (Lipinski definition) is 3. The van der Waals surface area contributed by atoms with Crippen LogP contribution in [0.25, 0.3) is 5.69 Å². The molecular formula is C14H14N2O4. The minimum Gasteiger partial charge on any atom is -0.478 e. The zero-order chi connectivity index (χ0) is 14.7. The minimum absolute atomic E-state index is 0.0471. The number of nitrogens with zero attached hydrogens (tertiary/aromatic N) is 2. The first-order chi connectivity index (χ1) is 9.52. The Morgan fingerprint density at radius 1 is 1.20 bits per heavy atom. The molecule has 20 heavy (non-hydrogen) atoms. The molecule has 0 atom stereocenters. The Morgan fingerprint density at radius 2 is 1.95 bits per heavy atom. The molecule has 2 aromatic rings. The maximum atomic E-state index is 11.0. The molecule has 6 heteroatoms. The van der Waals surface area contributed by atoms with E-state index in [1.165, 1.54) is 22.9 Å². The Balaban J connectivity index is 2.52. The lowest BCUT2D eigenvalue weighted by molar-refractivity contribution is 0.0681. The quantitative estimate of drug-likeness (QED) is 0.872. The van der Waals surface area contributed by atoms with Crippen LogP contribution in [0.4, 0.5) is 0 Å². The molecule has 0 fully saturated rings. The van der Waals surface area contributed by atoms with E-state index >= 15 is 0 Å². The predicted octanol–water partition coefficient (Wildman–Crippen LogP) is 2.22. The molecule has 0 saturated carbocycles. The Labute approximate surface area is 115 Å². The number of carbonyl (C=O) groups is 2. The topological polar surface area (TPSA) is 92.4 Å². The van der Waals surface area contributed by atoms with E-state index in [-0.39, 0.29) is 11.3 Å². The van der Waals surface area contributed by atoms with Crippen LogP contribution in [0, 0.1) is 0 Å². The van der Waals surface area contributed by atoms with Gasteiger partial charge in [0.05, 0.1) is 11.3 Å². The van der Waals surface area contributed by atoms with Gasteiger partial charge in [-0.2, -0.15) is 5.10 Å². The average molecular weight is 274 g/mol. The highest BCUT2D eigenvalue weighted by Gasteiger charge is 2.14. The molecular weight excluding hydrogens is 260 g/mol. The first-order valence-electron chi connectivity index (χ1n) is 6.19. The number of benzene rings is 1. The van der Waals surface area contributed by atoms with Crippen LogP contribution in [0.1, 0.15) is 39.9 Å². The highest BCUT2D eigenvalue weighted by molar-refractivity contribution is 5.88. The second-order valence-electron chi connectivity index (χ2n) is 4.34. The van der Waals surface area contributed by atoms with Crippen molar-refractivity contribution in [2.75, 3.05) is 0 Å². The van der Waals surface area contributed by atoms with E-state index in [2.05, 4.69) is 5.10 Å². The second-order valence-corrected chi connectivity index (χ2v) is 4.34. The Kier molecular flexibility index (Phi) is 3.84. The van der Waals surface area contributed by atoms with Crippen LogP contribution >= 0.6 is 0 Å². The molecule has 0 aliphatic heterocycles. The number of carboxylic acid groups (broad SMARTS) is 2. The molecule has 1 aromatic carbocycles. The van der Waals surface area contributed by atoms with Crippen molar-refractivity contribution in [1.82, 2.24) is 9.78 Å². The molecule has 0 saturated heterocycles. The van der Waals surface area contributed by atoms with Crippen molar-refractivity contribution in [3.8, 4) is 5.69 Å². The van der Waals surface area contributed by atoms with E-state index in [4.69, 9.17) is 10.2 Å². The lowest BCUT2D eigenvalue weighted by Crippen LogP contribution is -2.05. The van der Waals surface area contributed by atoms with Crippen LogP contribution < -0.4 is 0 Å². The summed E-state index contributed by atoms with van der Waals surface area (Å²) in [5.74, 6) is -2.13. The van der Waals surface area contributed by atoms with Crippen LogP contribution in [0.3, 0.4) is 0 Å². The third kappa shape index (κ3) is 2.69. The first-order valence-corrected chi connectivity index (χ1v) is 6.19. The molecule has 0 amide bonds. The van der Waals surface area contributed by atoms with Gasteiger partial charge in [0, 0.05) is 5.69 Å². The van der Waals surface area contributed by atoms with Crippen LogP contribution in [0.2, 0.25) is 0 Å². The van der Waals surface area contributed by atoms with Crippen molar-refractivity contribution >= 4 is 11.9 Å². The fourth-order valence-corrected chi connectivity index (χ4v) is 1.95. The van der Waals surface area contributed by atoms with Gasteiger partial charge in [0.1, 0.15) is 0 Å². The molecule has 2 rings (SSSR count).